The number of nitrogens with one attached hydrogen (secondary N) is 3. The lowest BCUT2D eigenvalue weighted by Crippen LogP contribution is -2.32. The number of hydrogen-bond acceptors (Lipinski definition) is 4. The van der Waals surface area contributed by atoms with Gasteiger partial charge in [-0.05, 0) is 6.42 Å². The Morgan fingerprint density at radius 1 is 1.60 bits per heavy atom. The molecule has 0 aromatic carbocycles. The number of H-pyrrole nitrogens is 2. The molecule has 0 saturated heterocycles. The highest BCUT2D eigenvalue weighted by Gasteiger charge is 2.18. The number of carbonyl (C=O) groups is 1. The highest BCUT2D eigenvalue weighted by Crippen LogP contribution is 2.05. The number of rotatable bonds is 4. The zero-order valence-electron chi connectivity index (χ0n) is 8.33. The van der Waals surface area contributed by atoms with Gasteiger partial charge < -0.3 is 5.11 Å². The first-order chi connectivity index (χ1) is 7.10. The van der Waals surface area contributed by atoms with Crippen molar-refractivity contribution < 1.29 is 9.90 Å². The summed E-state index contributed by atoms with van der Waals surface area (Å²) in [5.74, 6) is 4.36. The topological polar surface area (TPSA) is 124 Å². The van der Waals surface area contributed by atoms with Crippen LogP contribution in [-0.2, 0) is 6.42 Å². The molecule has 0 radical (unpaired) electrons. The van der Waals surface area contributed by atoms with Gasteiger partial charge in [-0.1, -0.05) is 6.92 Å². The standard InChI is InChI=1S/C8H14N4O3/c1-2-4(13)3-5-6(8(15)10-9)11-12-7(5)14/h4,13H,2-3,9H2,1H3,(H,10,15)(H2,11,12,14)/t4-/m0/s1. The molecule has 0 aliphatic rings. The first-order valence-electron chi connectivity index (χ1n) is 4.58. The van der Waals surface area contributed by atoms with Crippen LogP contribution < -0.4 is 16.8 Å². The van der Waals surface area contributed by atoms with E-state index in [4.69, 9.17) is 5.84 Å². The second kappa shape index (κ2) is 4.76. The number of hydrogen-bond donors (Lipinski definition) is 5. The van der Waals surface area contributed by atoms with Gasteiger partial charge in [0.15, 0.2) is 0 Å². The van der Waals surface area contributed by atoms with Crippen LogP contribution in [-0.4, -0.2) is 27.3 Å². The van der Waals surface area contributed by atoms with Crippen molar-refractivity contribution in [1.82, 2.24) is 15.6 Å². The molecule has 6 N–H and O–H groups in total. The minimum Gasteiger partial charge on any atom is -0.393 e. The molecule has 1 aromatic rings. The molecule has 0 unspecified atom stereocenters. The van der Waals surface area contributed by atoms with E-state index in [1.807, 2.05) is 5.43 Å². The smallest absolute Gasteiger partial charge is 0.283 e. The van der Waals surface area contributed by atoms with E-state index in [0.29, 0.717) is 6.42 Å². The predicted molar refractivity (Wildman–Crippen MR) is 53.1 cm³/mol. The van der Waals surface area contributed by atoms with Crippen LogP contribution in [0, 0.1) is 0 Å². The SMILES string of the molecule is CC[C@H](O)Cc1c(C(=O)NN)[nH][nH]c1=O. The van der Waals surface area contributed by atoms with Crippen LogP contribution >= 0.6 is 0 Å². The average molecular weight is 214 g/mol. The number of aromatic nitrogens is 2. The van der Waals surface area contributed by atoms with Gasteiger partial charge in [-0.3, -0.25) is 25.2 Å². The van der Waals surface area contributed by atoms with E-state index in [-0.39, 0.29) is 17.7 Å². The van der Waals surface area contributed by atoms with Crippen molar-refractivity contribution in [3.63, 3.8) is 0 Å². The molecule has 1 aromatic heterocycles. The Hall–Kier alpha value is -1.60. The highest BCUT2D eigenvalue weighted by molar-refractivity contribution is 5.93. The Morgan fingerprint density at radius 2 is 2.27 bits per heavy atom. The summed E-state index contributed by atoms with van der Waals surface area (Å²) in [6, 6.07) is 0. The number of aliphatic hydroxyl groups is 1. The van der Waals surface area contributed by atoms with E-state index >= 15 is 0 Å². The summed E-state index contributed by atoms with van der Waals surface area (Å²) >= 11 is 0. The van der Waals surface area contributed by atoms with Crippen molar-refractivity contribution in [2.45, 2.75) is 25.9 Å². The quantitative estimate of drug-likeness (QED) is 0.241. The molecule has 1 heterocycles. The Labute approximate surface area is 85.6 Å². The second-order valence-corrected chi connectivity index (χ2v) is 3.17. The summed E-state index contributed by atoms with van der Waals surface area (Å²) in [7, 11) is 0. The summed E-state index contributed by atoms with van der Waals surface area (Å²) in [5, 5.41) is 14.1. The maximum absolute atomic E-state index is 11.3. The first kappa shape index (κ1) is 11.5. The van der Waals surface area contributed by atoms with E-state index in [0.717, 1.165) is 0 Å². The molecule has 1 amide bonds. The fraction of sp³-hybridized carbons (Fsp3) is 0.500. The molecule has 0 spiro atoms. The van der Waals surface area contributed by atoms with Crippen LogP contribution in [0.1, 0.15) is 29.4 Å². The Bertz CT molecular complexity index is 395. The van der Waals surface area contributed by atoms with E-state index < -0.39 is 17.6 Å². The number of aromatic amines is 2. The van der Waals surface area contributed by atoms with Gasteiger partial charge in [-0.25, -0.2) is 5.84 Å². The number of nitrogens with two attached hydrogens (primary N) is 1. The van der Waals surface area contributed by atoms with E-state index in [1.165, 1.54) is 0 Å². The third-order valence-corrected chi connectivity index (χ3v) is 2.15. The molecule has 1 atom stereocenters. The average Bonchev–Trinajstić information content (AvgIpc) is 2.59. The van der Waals surface area contributed by atoms with Crippen LogP contribution in [0.15, 0.2) is 4.79 Å². The van der Waals surface area contributed by atoms with Crippen molar-refractivity contribution in [2.75, 3.05) is 0 Å². The van der Waals surface area contributed by atoms with Gasteiger partial charge in [0.2, 0.25) is 0 Å². The van der Waals surface area contributed by atoms with Crippen molar-refractivity contribution in [3.05, 3.63) is 21.6 Å². The van der Waals surface area contributed by atoms with E-state index in [1.54, 1.807) is 6.92 Å². The lowest BCUT2D eigenvalue weighted by Gasteiger charge is -2.06. The van der Waals surface area contributed by atoms with Gasteiger partial charge in [0.25, 0.3) is 11.5 Å². The van der Waals surface area contributed by atoms with Crippen molar-refractivity contribution in [3.8, 4) is 0 Å². The zero-order chi connectivity index (χ0) is 11.4. The number of amides is 1. The van der Waals surface area contributed by atoms with Crippen LogP contribution in [0.2, 0.25) is 0 Å². The Balaban J connectivity index is 2.99. The van der Waals surface area contributed by atoms with Crippen LogP contribution in [0.5, 0.6) is 0 Å². The molecule has 0 saturated carbocycles. The number of carbonyl (C=O) groups excluding carboxylic acids is 1. The maximum atomic E-state index is 11.3. The molecule has 7 heteroatoms. The van der Waals surface area contributed by atoms with Gasteiger partial charge in [0.05, 0.1) is 11.7 Å². The molecule has 84 valence electrons. The molecule has 0 aliphatic heterocycles. The fourth-order valence-corrected chi connectivity index (χ4v) is 1.22. The Morgan fingerprint density at radius 3 is 2.80 bits per heavy atom. The largest absolute Gasteiger partial charge is 0.393 e. The van der Waals surface area contributed by atoms with Crippen LogP contribution in [0.3, 0.4) is 0 Å². The highest BCUT2D eigenvalue weighted by atomic mass is 16.3. The minimum absolute atomic E-state index is 0.0648. The van der Waals surface area contributed by atoms with Crippen LogP contribution in [0.25, 0.3) is 0 Å². The van der Waals surface area contributed by atoms with Gasteiger partial charge >= 0.3 is 0 Å². The van der Waals surface area contributed by atoms with Gasteiger partial charge in [-0.15, -0.1) is 0 Å². The third kappa shape index (κ3) is 2.45. The fourth-order valence-electron chi connectivity index (χ4n) is 1.22. The summed E-state index contributed by atoms with van der Waals surface area (Å²) in [4.78, 5) is 22.5. The normalized spacial score (nSPS) is 12.5. The summed E-state index contributed by atoms with van der Waals surface area (Å²) in [6.07, 6.45) is -0.0157. The lowest BCUT2D eigenvalue weighted by atomic mass is 10.1. The van der Waals surface area contributed by atoms with Crippen molar-refractivity contribution >= 4 is 5.91 Å². The molecule has 0 bridgehead atoms. The third-order valence-electron chi connectivity index (χ3n) is 2.15. The molecule has 1 rings (SSSR count). The maximum Gasteiger partial charge on any atom is 0.283 e. The first-order valence-corrected chi connectivity index (χ1v) is 4.58. The monoisotopic (exact) mass is 214 g/mol. The zero-order valence-corrected chi connectivity index (χ0v) is 8.33. The minimum atomic E-state index is -0.647. The Kier molecular flexibility index (Phi) is 3.64. The van der Waals surface area contributed by atoms with Crippen molar-refractivity contribution in [1.29, 1.82) is 0 Å². The van der Waals surface area contributed by atoms with Gasteiger partial charge in [0.1, 0.15) is 5.69 Å². The summed E-state index contributed by atoms with van der Waals surface area (Å²) in [6.45, 7) is 1.79. The summed E-state index contributed by atoms with van der Waals surface area (Å²) in [5.41, 5.74) is 1.78. The van der Waals surface area contributed by atoms with Gasteiger partial charge in [0, 0.05) is 6.42 Å². The number of aliphatic hydroxyl groups excluding tert-OH is 1. The van der Waals surface area contributed by atoms with E-state index in [9.17, 15) is 14.7 Å². The molecule has 0 fully saturated rings. The predicted octanol–water partition coefficient (Wildman–Crippen LogP) is -1.38. The van der Waals surface area contributed by atoms with Crippen molar-refractivity contribution in [2.24, 2.45) is 5.84 Å². The molecular weight excluding hydrogens is 200 g/mol. The van der Waals surface area contributed by atoms with Gasteiger partial charge in [-0.2, -0.15) is 0 Å². The lowest BCUT2D eigenvalue weighted by molar-refractivity contribution is 0.0946. The molecule has 7 nitrogen and oxygen atoms in total. The molecule has 15 heavy (non-hydrogen) atoms. The molecular formula is C8H14N4O3. The second-order valence-electron chi connectivity index (χ2n) is 3.17. The number of nitrogen functional groups attached to an aromatic ring is 1. The number of hydrazine groups is 1. The summed E-state index contributed by atoms with van der Waals surface area (Å²) < 4.78 is 0. The molecule has 0 aliphatic carbocycles. The van der Waals surface area contributed by atoms with Crippen LogP contribution in [0.4, 0.5) is 0 Å². The van der Waals surface area contributed by atoms with E-state index in [2.05, 4.69) is 10.2 Å².